The van der Waals surface area contributed by atoms with Crippen molar-refractivity contribution in [3.63, 3.8) is 0 Å². The van der Waals surface area contributed by atoms with Crippen molar-refractivity contribution >= 4 is 0 Å². The second kappa shape index (κ2) is 6.12. The topological polar surface area (TPSA) is 20.2 Å². The maximum absolute atomic E-state index is 12.5. The first-order valence-corrected chi connectivity index (χ1v) is 5.07. The first kappa shape index (κ1) is 13.6. The average molecular weight is 206 g/mol. The fourth-order valence-corrected chi connectivity index (χ4v) is 1.25. The van der Waals surface area contributed by atoms with Crippen molar-refractivity contribution in [3.05, 3.63) is 11.6 Å². The summed E-state index contributed by atoms with van der Waals surface area (Å²) in [6.45, 7) is 4.82. The predicted molar refractivity (Wildman–Crippen MR) is 54.5 cm³/mol. The van der Waals surface area contributed by atoms with Gasteiger partial charge in [-0.1, -0.05) is 19.9 Å². The lowest BCUT2D eigenvalue weighted by Crippen LogP contribution is -2.11. The molecule has 1 atom stereocenters. The third kappa shape index (κ3) is 7.01. The van der Waals surface area contributed by atoms with Gasteiger partial charge in [0.25, 0.3) is 0 Å². The smallest absolute Gasteiger partial charge is 0.245 e. The molecular weight excluding hydrogens is 186 g/mol. The predicted octanol–water partition coefficient (Wildman–Crippen LogP) is 3.39. The van der Waals surface area contributed by atoms with Crippen LogP contribution in [0.4, 0.5) is 8.78 Å². The van der Waals surface area contributed by atoms with E-state index in [9.17, 15) is 8.78 Å². The van der Waals surface area contributed by atoms with Crippen LogP contribution in [0.2, 0.25) is 0 Å². The molecule has 14 heavy (non-hydrogen) atoms. The molecule has 0 amide bonds. The van der Waals surface area contributed by atoms with Gasteiger partial charge in [-0.25, -0.2) is 8.78 Å². The van der Waals surface area contributed by atoms with Gasteiger partial charge in [0.15, 0.2) is 0 Å². The Bertz CT molecular complexity index is 176. The molecule has 0 aromatic rings. The Kier molecular flexibility index (Phi) is 5.93. The van der Waals surface area contributed by atoms with Gasteiger partial charge in [0.2, 0.25) is 5.92 Å². The molecule has 0 aromatic carbocycles. The summed E-state index contributed by atoms with van der Waals surface area (Å²) < 4.78 is 25.0. The largest absolute Gasteiger partial charge is 0.392 e. The van der Waals surface area contributed by atoms with Gasteiger partial charge in [0.05, 0.1) is 6.61 Å². The number of hydrogen-bond acceptors (Lipinski definition) is 1. The highest BCUT2D eigenvalue weighted by molar-refractivity contribution is 5.03. The van der Waals surface area contributed by atoms with Crippen LogP contribution in [0, 0.1) is 5.92 Å². The van der Waals surface area contributed by atoms with Crippen LogP contribution in [-0.2, 0) is 0 Å². The molecular formula is C11H20F2O. The Balaban J connectivity index is 3.96. The first-order valence-electron chi connectivity index (χ1n) is 5.07. The maximum atomic E-state index is 12.5. The van der Waals surface area contributed by atoms with Crippen LogP contribution in [0.5, 0.6) is 0 Å². The molecule has 1 nitrogen and oxygen atoms in total. The Hall–Kier alpha value is -0.440. The van der Waals surface area contributed by atoms with E-state index in [-0.39, 0.29) is 18.9 Å². The molecule has 0 fully saturated rings. The van der Waals surface area contributed by atoms with E-state index in [4.69, 9.17) is 5.11 Å². The summed E-state index contributed by atoms with van der Waals surface area (Å²) in [5, 5.41) is 8.89. The third-order valence-corrected chi connectivity index (χ3v) is 2.22. The highest BCUT2D eigenvalue weighted by Gasteiger charge is 2.21. The number of allylic oxidation sites excluding steroid dienone is 1. The van der Waals surface area contributed by atoms with E-state index in [0.717, 1.165) is 18.9 Å². The lowest BCUT2D eigenvalue weighted by Gasteiger charge is -2.13. The summed E-state index contributed by atoms with van der Waals surface area (Å²) in [4.78, 5) is 0. The van der Waals surface area contributed by atoms with Crippen molar-refractivity contribution in [2.24, 2.45) is 5.92 Å². The van der Waals surface area contributed by atoms with Crippen molar-refractivity contribution < 1.29 is 13.9 Å². The van der Waals surface area contributed by atoms with Gasteiger partial charge in [-0.15, -0.1) is 0 Å². The first-order chi connectivity index (χ1) is 6.39. The Morgan fingerprint density at radius 1 is 1.50 bits per heavy atom. The Morgan fingerprint density at radius 2 is 2.07 bits per heavy atom. The van der Waals surface area contributed by atoms with Gasteiger partial charge in [-0.05, 0) is 31.3 Å². The number of aliphatic hydroxyl groups excluding tert-OH is 1. The van der Waals surface area contributed by atoms with E-state index in [2.05, 4.69) is 0 Å². The molecule has 0 aromatic heterocycles. The number of alkyl halides is 2. The minimum Gasteiger partial charge on any atom is -0.392 e. The average Bonchev–Trinajstić information content (AvgIpc) is 2.09. The molecule has 0 rings (SSSR count). The maximum Gasteiger partial charge on any atom is 0.245 e. The summed E-state index contributed by atoms with van der Waals surface area (Å²) in [7, 11) is 0. The van der Waals surface area contributed by atoms with E-state index in [1.165, 1.54) is 0 Å². The molecule has 0 saturated heterocycles. The Morgan fingerprint density at radius 3 is 2.43 bits per heavy atom. The minimum atomic E-state index is -2.58. The molecule has 1 unspecified atom stereocenters. The van der Waals surface area contributed by atoms with Crippen LogP contribution in [0.3, 0.4) is 0 Å². The zero-order chi connectivity index (χ0) is 11.2. The molecule has 3 heteroatoms. The summed E-state index contributed by atoms with van der Waals surface area (Å²) >= 11 is 0. The molecule has 0 radical (unpaired) electrons. The van der Waals surface area contributed by atoms with Crippen molar-refractivity contribution in [1.29, 1.82) is 0 Å². The summed E-state index contributed by atoms with van der Waals surface area (Å²) in [5.74, 6) is -2.46. The van der Waals surface area contributed by atoms with Crippen LogP contribution < -0.4 is 0 Å². The van der Waals surface area contributed by atoms with Crippen LogP contribution in [0.15, 0.2) is 11.6 Å². The van der Waals surface area contributed by atoms with Gasteiger partial charge >= 0.3 is 0 Å². The second-order valence-corrected chi connectivity index (χ2v) is 3.92. The minimum absolute atomic E-state index is 0.0311. The fraction of sp³-hybridized carbons (Fsp3) is 0.818. The zero-order valence-corrected chi connectivity index (χ0v) is 9.19. The van der Waals surface area contributed by atoms with Crippen molar-refractivity contribution in [2.75, 3.05) is 6.61 Å². The van der Waals surface area contributed by atoms with E-state index >= 15 is 0 Å². The number of rotatable bonds is 6. The van der Waals surface area contributed by atoms with Crippen molar-refractivity contribution in [2.45, 2.75) is 46.0 Å². The van der Waals surface area contributed by atoms with E-state index in [0.29, 0.717) is 6.42 Å². The van der Waals surface area contributed by atoms with Crippen LogP contribution in [0.1, 0.15) is 40.0 Å². The van der Waals surface area contributed by atoms with Gasteiger partial charge in [0.1, 0.15) is 0 Å². The number of aliphatic hydroxyl groups is 1. The standard InChI is InChI=1S/C11H20F2O/c1-4-10(8-14)7-9(2)5-6-11(3,12)13/h7,9,14H,4-6,8H2,1-3H3/b10-7+. The van der Waals surface area contributed by atoms with Gasteiger partial charge in [-0.3, -0.25) is 0 Å². The summed E-state index contributed by atoms with van der Waals surface area (Å²) in [6, 6.07) is 0. The fourth-order valence-electron chi connectivity index (χ4n) is 1.25. The lowest BCUT2D eigenvalue weighted by atomic mass is 9.99. The van der Waals surface area contributed by atoms with Gasteiger partial charge in [-0.2, -0.15) is 0 Å². The van der Waals surface area contributed by atoms with Crippen molar-refractivity contribution in [1.82, 2.24) is 0 Å². The molecule has 0 spiro atoms. The third-order valence-electron chi connectivity index (χ3n) is 2.22. The van der Waals surface area contributed by atoms with Crippen molar-refractivity contribution in [3.8, 4) is 0 Å². The molecule has 0 heterocycles. The Labute approximate surface area is 84.8 Å². The zero-order valence-electron chi connectivity index (χ0n) is 9.19. The monoisotopic (exact) mass is 206 g/mol. The highest BCUT2D eigenvalue weighted by atomic mass is 19.3. The van der Waals surface area contributed by atoms with E-state index < -0.39 is 5.92 Å². The molecule has 1 N–H and O–H groups in total. The number of hydrogen-bond donors (Lipinski definition) is 1. The van der Waals surface area contributed by atoms with E-state index in [1.807, 2.05) is 19.9 Å². The van der Waals surface area contributed by atoms with Gasteiger partial charge in [0, 0.05) is 6.42 Å². The van der Waals surface area contributed by atoms with Crippen LogP contribution in [0.25, 0.3) is 0 Å². The molecule has 0 aliphatic heterocycles. The summed E-state index contributed by atoms with van der Waals surface area (Å²) in [6.07, 6.45) is 3.05. The normalized spacial score (nSPS) is 15.7. The molecule has 0 saturated carbocycles. The lowest BCUT2D eigenvalue weighted by molar-refractivity contribution is 0.00863. The SMILES string of the molecule is CC/C(=C\C(C)CCC(C)(F)F)CO. The molecule has 0 aliphatic rings. The van der Waals surface area contributed by atoms with E-state index in [1.54, 1.807) is 0 Å². The second-order valence-electron chi connectivity index (χ2n) is 3.92. The van der Waals surface area contributed by atoms with Crippen LogP contribution >= 0.6 is 0 Å². The number of halogens is 2. The van der Waals surface area contributed by atoms with Gasteiger partial charge < -0.3 is 5.11 Å². The quantitative estimate of drug-likeness (QED) is 0.660. The molecule has 84 valence electrons. The highest BCUT2D eigenvalue weighted by Crippen LogP contribution is 2.23. The molecule has 0 aliphatic carbocycles. The molecule has 0 bridgehead atoms. The van der Waals surface area contributed by atoms with Crippen LogP contribution in [-0.4, -0.2) is 17.6 Å². The summed E-state index contributed by atoms with van der Waals surface area (Å²) in [5.41, 5.74) is 0.928.